The number of aryl methyl sites for hydroxylation is 1. The molecule has 1 atom stereocenters. The smallest absolute Gasteiger partial charge is 0.134 e. The lowest BCUT2D eigenvalue weighted by Crippen LogP contribution is -2.21. The number of hydrogen-bond donors (Lipinski definition) is 1. The first-order valence-corrected chi connectivity index (χ1v) is 8.10. The van der Waals surface area contributed by atoms with Gasteiger partial charge >= 0.3 is 0 Å². The number of halogens is 1. The van der Waals surface area contributed by atoms with Crippen molar-refractivity contribution in [1.82, 2.24) is 0 Å². The summed E-state index contributed by atoms with van der Waals surface area (Å²) in [7, 11) is 0. The van der Waals surface area contributed by atoms with Gasteiger partial charge in [0.2, 0.25) is 0 Å². The van der Waals surface area contributed by atoms with E-state index in [-0.39, 0.29) is 6.04 Å². The summed E-state index contributed by atoms with van der Waals surface area (Å²) in [6.07, 6.45) is 1.89. The third kappa shape index (κ3) is 4.87. The first kappa shape index (κ1) is 16.1. The van der Waals surface area contributed by atoms with Gasteiger partial charge in [0, 0.05) is 6.04 Å². The third-order valence-electron chi connectivity index (χ3n) is 3.50. The quantitative estimate of drug-likeness (QED) is 0.827. The zero-order valence-electron chi connectivity index (χ0n) is 12.6. The van der Waals surface area contributed by atoms with Crippen molar-refractivity contribution in [3.8, 4) is 5.75 Å². The Morgan fingerprint density at radius 3 is 2.62 bits per heavy atom. The van der Waals surface area contributed by atoms with Crippen LogP contribution in [-0.2, 0) is 13.0 Å². The highest BCUT2D eigenvalue weighted by atomic mass is 79.9. The molecule has 0 bridgehead atoms. The monoisotopic (exact) mass is 347 g/mol. The molecule has 2 nitrogen and oxygen atoms in total. The summed E-state index contributed by atoms with van der Waals surface area (Å²) in [5.74, 6) is 0.866. The van der Waals surface area contributed by atoms with Gasteiger partial charge in [-0.2, -0.15) is 0 Å². The molecule has 0 saturated heterocycles. The summed E-state index contributed by atoms with van der Waals surface area (Å²) in [6.45, 7) is 4.78. The Hall–Kier alpha value is -1.32. The average Bonchev–Trinajstić information content (AvgIpc) is 2.46. The molecular formula is C18H22BrNO. The minimum Gasteiger partial charge on any atom is -0.488 e. The van der Waals surface area contributed by atoms with Crippen LogP contribution >= 0.6 is 15.9 Å². The maximum absolute atomic E-state index is 6.00. The zero-order chi connectivity index (χ0) is 15.2. The van der Waals surface area contributed by atoms with Gasteiger partial charge in [0.25, 0.3) is 0 Å². The number of hydrogen-bond acceptors (Lipinski definition) is 2. The summed E-state index contributed by atoms with van der Waals surface area (Å²) in [5.41, 5.74) is 9.66. The second-order valence-corrected chi connectivity index (χ2v) is 6.27. The standard InChI is InChI=1S/C18H22BrNO/c1-3-16(20)10-14-7-8-18(17(19)11-14)21-12-15-6-4-5-13(2)9-15/h4-9,11,16H,3,10,12,20H2,1-2H3. The topological polar surface area (TPSA) is 35.2 Å². The molecule has 2 aromatic carbocycles. The van der Waals surface area contributed by atoms with Gasteiger partial charge in [-0.15, -0.1) is 0 Å². The van der Waals surface area contributed by atoms with E-state index >= 15 is 0 Å². The predicted molar refractivity (Wildman–Crippen MR) is 91.6 cm³/mol. The molecule has 2 rings (SSSR count). The summed E-state index contributed by atoms with van der Waals surface area (Å²) < 4.78 is 6.87. The molecule has 0 spiro atoms. The van der Waals surface area contributed by atoms with Gasteiger partial charge in [0.1, 0.15) is 12.4 Å². The van der Waals surface area contributed by atoms with Gasteiger partial charge in [-0.3, -0.25) is 0 Å². The van der Waals surface area contributed by atoms with Gasteiger partial charge in [-0.05, 0) is 59.0 Å². The van der Waals surface area contributed by atoms with Crippen LogP contribution in [0, 0.1) is 6.92 Å². The molecule has 112 valence electrons. The van der Waals surface area contributed by atoms with E-state index in [4.69, 9.17) is 10.5 Å². The normalized spacial score (nSPS) is 12.2. The number of rotatable bonds is 6. The van der Waals surface area contributed by atoms with Crippen molar-refractivity contribution in [3.05, 3.63) is 63.6 Å². The van der Waals surface area contributed by atoms with Gasteiger partial charge in [0.15, 0.2) is 0 Å². The van der Waals surface area contributed by atoms with E-state index in [0.29, 0.717) is 6.61 Å². The average molecular weight is 348 g/mol. The van der Waals surface area contributed by atoms with Gasteiger partial charge in [-0.25, -0.2) is 0 Å². The molecule has 0 saturated carbocycles. The van der Waals surface area contributed by atoms with Crippen molar-refractivity contribution in [2.75, 3.05) is 0 Å². The zero-order valence-corrected chi connectivity index (χ0v) is 14.2. The molecule has 1 unspecified atom stereocenters. The maximum Gasteiger partial charge on any atom is 0.134 e. The SMILES string of the molecule is CCC(N)Cc1ccc(OCc2cccc(C)c2)c(Br)c1. The van der Waals surface area contributed by atoms with Crippen LogP contribution < -0.4 is 10.5 Å². The Labute approximate surface area is 135 Å². The van der Waals surface area contributed by atoms with Crippen LogP contribution in [0.25, 0.3) is 0 Å². The van der Waals surface area contributed by atoms with Crippen molar-refractivity contribution in [2.24, 2.45) is 5.73 Å². The molecular weight excluding hydrogens is 326 g/mol. The molecule has 0 radical (unpaired) electrons. The second-order valence-electron chi connectivity index (χ2n) is 5.41. The number of ether oxygens (including phenoxy) is 1. The molecule has 0 aromatic heterocycles. The van der Waals surface area contributed by atoms with Gasteiger partial charge in [-0.1, -0.05) is 42.8 Å². The molecule has 0 heterocycles. The minimum atomic E-state index is 0.218. The highest BCUT2D eigenvalue weighted by Crippen LogP contribution is 2.27. The summed E-state index contributed by atoms with van der Waals surface area (Å²) in [6, 6.07) is 14.8. The lowest BCUT2D eigenvalue weighted by Gasteiger charge is -2.12. The van der Waals surface area contributed by atoms with Crippen molar-refractivity contribution >= 4 is 15.9 Å². The third-order valence-corrected chi connectivity index (χ3v) is 4.12. The molecule has 2 aromatic rings. The van der Waals surface area contributed by atoms with Crippen molar-refractivity contribution in [3.63, 3.8) is 0 Å². The van der Waals surface area contributed by atoms with E-state index in [9.17, 15) is 0 Å². The van der Waals surface area contributed by atoms with Crippen molar-refractivity contribution in [1.29, 1.82) is 0 Å². The molecule has 0 amide bonds. The summed E-state index contributed by atoms with van der Waals surface area (Å²) in [5, 5.41) is 0. The Morgan fingerprint density at radius 1 is 1.14 bits per heavy atom. The molecule has 21 heavy (non-hydrogen) atoms. The predicted octanol–water partition coefficient (Wildman–Crippen LogP) is 4.62. The van der Waals surface area contributed by atoms with Crippen LogP contribution in [-0.4, -0.2) is 6.04 Å². The Balaban J connectivity index is 2.01. The van der Waals surface area contributed by atoms with Crippen LogP contribution in [0.2, 0.25) is 0 Å². The Kier molecular flexibility index (Phi) is 5.83. The van der Waals surface area contributed by atoms with Crippen LogP contribution in [0.4, 0.5) is 0 Å². The van der Waals surface area contributed by atoms with E-state index in [1.807, 2.05) is 6.07 Å². The van der Waals surface area contributed by atoms with E-state index in [1.165, 1.54) is 16.7 Å². The molecule has 0 fully saturated rings. The molecule has 0 aliphatic heterocycles. The molecule has 0 aliphatic rings. The van der Waals surface area contributed by atoms with Crippen LogP contribution in [0.15, 0.2) is 46.9 Å². The molecule has 3 heteroatoms. The lowest BCUT2D eigenvalue weighted by molar-refractivity contribution is 0.304. The maximum atomic E-state index is 6.00. The van der Waals surface area contributed by atoms with Crippen LogP contribution in [0.3, 0.4) is 0 Å². The first-order valence-electron chi connectivity index (χ1n) is 7.31. The second kappa shape index (κ2) is 7.62. The molecule has 0 aliphatic carbocycles. The van der Waals surface area contributed by atoms with Crippen molar-refractivity contribution < 1.29 is 4.74 Å². The number of benzene rings is 2. The van der Waals surface area contributed by atoms with E-state index in [2.05, 4.69) is 66.2 Å². The highest BCUT2D eigenvalue weighted by Gasteiger charge is 2.06. The van der Waals surface area contributed by atoms with E-state index in [0.717, 1.165) is 23.1 Å². The van der Waals surface area contributed by atoms with E-state index in [1.54, 1.807) is 0 Å². The summed E-state index contributed by atoms with van der Waals surface area (Å²) in [4.78, 5) is 0. The largest absolute Gasteiger partial charge is 0.488 e. The summed E-state index contributed by atoms with van der Waals surface area (Å²) >= 11 is 3.58. The van der Waals surface area contributed by atoms with Crippen molar-refractivity contribution in [2.45, 2.75) is 39.3 Å². The Morgan fingerprint density at radius 2 is 1.95 bits per heavy atom. The van der Waals surface area contributed by atoms with Gasteiger partial charge in [0.05, 0.1) is 4.47 Å². The fourth-order valence-corrected chi connectivity index (χ4v) is 2.74. The van der Waals surface area contributed by atoms with E-state index < -0.39 is 0 Å². The lowest BCUT2D eigenvalue weighted by atomic mass is 10.0. The van der Waals surface area contributed by atoms with Crippen LogP contribution in [0.1, 0.15) is 30.0 Å². The first-order chi connectivity index (χ1) is 10.1. The fraction of sp³-hybridized carbons (Fsp3) is 0.333. The van der Waals surface area contributed by atoms with Crippen LogP contribution in [0.5, 0.6) is 5.75 Å². The highest BCUT2D eigenvalue weighted by molar-refractivity contribution is 9.10. The van der Waals surface area contributed by atoms with Gasteiger partial charge < -0.3 is 10.5 Å². The Bertz CT molecular complexity index is 598. The minimum absolute atomic E-state index is 0.218. The fourth-order valence-electron chi connectivity index (χ4n) is 2.20. The number of nitrogens with two attached hydrogens (primary N) is 1. The molecule has 2 N–H and O–H groups in total.